The van der Waals surface area contributed by atoms with E-state index in [4.69, 9.17) is 14.2 Å². The van der Waals surface area contributed by atoms with Crippen LogP contribution in [0.5, 0.6) is 17.2 Å². The molecule has 8 nitrogen and oxygen atoms in total. The summed E-state index contributed by atoms with van der Waals surface area (Å²) in [5.74, 6) is 0.244. The van der Waals surface area contributed by atoms with Crippen LogP contribution in [0.15, 0.2) is 102 Å². The Bertz CT molecular complexity index is 1540. The fourth-order valence-electron chi connectivity index (χ4n) is 5.00. The van der Waals surface area contributed by atoms with Crippen LogP contribution in [0, 0.1) is 0 Å². The monoisotopic (exact) mass is 658 g/mol. The Morgan fingerprint density at radius 1 is 0.909 bits per heavy atom. The molecule has 1 atom stereocenters. The Morgan fingerprint density at radius 3 is 2.39 bits per heavy atom. The van der Waals surface area contributed by atoms with Gasteiger partial charge < -0.3 is 24.6 Å². The van der Waals surface area contributed by atoms with Crippen LogP contribution in [0.1, 0.15) is 22.3 Å². The van der Waals surface area contributed by atoms with Crippen molar-refractivity contribution in [1.82, 2.24) is 10.2 Å². The molecular weight excluding hydrogens is 624 g/mol. The zero-order valence-electron chi connectivity index (χ0n) is 24.3. The van der Waals surface area contributed by atoms with Crippen molar-refractivity contribution < 1.29 is 28.9 Å². The maximum absolute atomic E-state index is 13.3. The molecule has 228 valence electrons. The van der Waals surface area contributed by atoms with Gasteiger partial charge >= 0.3 is 5.97 Å². The summed E-state index contributed by atoms with van der Waals surface area (Å²) < 4.78 is 18.2. The fourth-order valence-corrected chi connectivity index (χ4v) is 5.36. The molecule has 5 rings (SSSR count). The summed E-state index contributed by atoms with van der Waals surface area (Å²) in [6.45, 7) is 4.61. The van der Waals surface area contributed by atoms with Gasteiger partial charge in [0.25, 0.3) is 5.91 Å². The van der Waals surface area contributed by atoms with Crippen LogP contribution in [0.4, 0.5) is 0 Å². The van der Waals surface area contributed by atoms with E-state index < -0.39 is 17.9 Å². The summed E-state index contributed by atoms with van der Waals surface area (Å²) in [6, 6.07) is 29.0. The highest BCUT2D eigenvalue weighted by Crippen LogP contribution is 2.33. The van der Waals surface area contributed by atoms with Gasteiger partial charge in [0.15, 0.2) is 0 Å². The van der Waals surface area contributed by atoms with Crippen molar-refractivity contribution >= 4 is 27.8 Å². The first-order valence-electron chi connectivity index (χ1n) is 14.6. The lowest BCUT2D eigenvalue weighted by molar-refractivity contribution is -0.139. The Kier molecular flexibility index (Phi) is 11.0. The third-order valence-electron chi connectivity index (χ3n) is 7.33. The van der Waals surface area contributed by atoms with E-state index in [1.807, 2.05) is 78.9 Å². The highest BCUT2D eigenvalue weighted by Gasteiger charge is 2.23. The van der Waals surface area contributed by atoms with Crippen molar-refractivity contribution in [2.45, 2.75) is 18.9 Å². The van der Waals surface area contributed by atoms with Gasteiger partial charge in [-0.25, -0.2) is 4.79 Å². The maximum Gasteiger partial charge on any atom is 0.326 e. The molecule has 0 aromatic heterocycles. The smallest absolute Gasteiger partial charge is 0.326 e. The van der Waals surface area contributed by atoms with Gasteiger partial charge in [-0.2, -0.15) is 0 Å². The summed E-state index contributed by atoms with van der Waals surface area (Å²) in [6.07, 6.45) is 0.918. The molecule has 1 saturated heterocycles. The number of amides is 1. The number of aliphatic carboxylic acids is 1. The lowest BCUT2D eigenvalue weighted by Gasteiger charge is -2.26. The van der Waals surface area contributed by atoms with Crippen molar-refractivity contribution in [3.05, 3.63) is 113 Å². The second kappa shape index (κ2) is 15.5. The molecular formula is C35H35BrN2O6. The number of carboxylic acid groups (broad SMARTS) is 1. The third-order valence-corrected chi connectivity index (χ3v) is 7.83. The van der Waals surface area contributed by atoms with E-state index in [-0.39, 0.29) is 12.0 Å². The summed E-state index contributed by atoms with van der Waals surface area (Å²) in [5.41, 5.74) is 2.90. The molecule has 2 N–H and O–H groups in total. The number of hydrogen-bond donors (Lipinski definition) is 2. The number of nitrogens with one attached hydrogen (secondary N) is 1. The molecule has 0 spiro atoms. The average Bonchev–Trinajstić information content (AvgIpc) is 3.05. The number of halogens is 1. The van der Waals surface area contributed by atoms with Gasteiger partial charge in [0.2, 0.25) is 0 Å². The van der Waals surface area contributed by atoms with Crippen LogP contribution in [-0.4, -0.2) is 67.4 Å². The van der Waals surface area contributed by atoms with E-state index >= 15 is 0 Å². The number of hydrogen-bond acceptors (Lipinski definition) is 6. The van der Waals surface area contributed by atoms with Gasteiger partial charge in [0, 0.05) is 36.1 Å². The van der Waals surface area contributed by atoms with E-state index in [9.17, 15) is 14.7 Å². The molecule has 0 bridgehead atoms. The van der Waals surface area contributed by atoms with Gasteiger partial charge in [-0.1, -0.05) is 76.6 Å². The lowest BCUT2D eigenvalue weighted by Crippen LogP contribution is -2.42. The lowest BCUT2D eigenvalue weighted by atomic mass is 9.99. The summed E-state index contributed by atoms with van der Waals surface area (Å²) in [5, 5.41) is 12.7. The summed E-state index contributed by atoms with van der Waals surface area (Å²) >= 11 is 3.42. The second-order valence-electron chi connectivity index (χ2n) is 10.5. The van der Waals surface area contributed by atoms with E-state index in [2.05, 4.69) is 26.1 Å². The number of para-hydroxylation sites is 2. The summed E-state index contributed by atoms with van der Waals surface area (Å²) in [7, 11) is 0. The minimum absolute atomic E-state index is 0.118. The van der Waals surface area contributed by atoms with Gasteiger partial charge in [-0.05, 0) is 53.9 Å². The predicted octanol–water partition coefficient (Wildman–Crippen LogP) is 6.44. The normalized spacial score (nSPS) is 14.0. The average molecular weight is 660 g/mol. The highest BCUT2D eigenvalue weighted by molar-refractivity contribution is 9.10. The summed E-state index contributed by atoms with van der Waals surface area (Å²) in [4.78, 5) is 27.8. The van der Waals surface area contributed by atoms with Crippen molar-refractivity contribution in [3.63, 3.8) is 0 Å². The molecule has 1 aliphatic heterocycles. The predicted molar refractivity (Wildman–Crippen MR) is 173 cm³/mol. The molecule has 0 unspecified atom stereocenters. The molecule has 44 heavy (non-hydrogen) atoms. The Balaban J connectivity index is 1.22. The van der Waals surface area contributed by atoms with Crippen molar-refractivity contribution in [1.29, 1.82) is 0 Å². The van der Waals surface area contributed by atoms with Crippen LogP contribution in [-0.2, 0) is 16.0 Å². The Morgan fingerprint density at radius 2 is 1.64 bits per heavy atom. The number of carbonyl (C=O) groups excluding carboxylic acids is 1. The molecule has 4 aromatic carbocycles. The number of carbonyl (C=O) groups is 2. The molecule has 0 radical (unpaired) electrons. The van der Waals surface area contributed by atoms with E-state index in [0.717, 1.165) is 67.5 Å². The largest absolute Gasteiger partial charge is 0.493 e. The molecule has 0 aliphatic carbocycles. The number of morpholine rings is 1. The molecule has 1 aliphatic rings. The van der Waals surface area contributed by atoms with E-state index in [0.29, 0.717) is 16.8 Å². The zero-order chi connectivity index (χ0) is 30.7. The maximum atomic E-state index is 13.3. The molecule has 1 fully saturated rings. The molecule has 0 saturated carbocycles. The first-order valence-corrected chi connectivity index (χ1v) is 15.4. The van der Waals surface area contributed by atoms with Crippen LogP contribution in [0.2, 0.25) is 0 Å². The molecule has 9 heteroatoms. The number of nitrogens with zero attached hydrogens (tertiary/aromatic N) is 1. The SMILES string of the molecule is O=C(N[C@@H](Cc1ccc(-c2ccccc2Oc2ccccc2)cc1)C(=O)O)c1cc(Br)ccc1OCCCN1CCOCC1. The van der Waals surface area contributed by atoms with Crippen LogP contribution in [0.25, 0.3) is 11.1 Å². The quantitative estimate of drug-likeness (QED) is 0.160. The van der Waals surface area contributed by atoms with Gasteiger partial charge in [0.05, 0.1) is 25.4 Å². The van der Waals surface area contributed by atoms with Crippen molar-refractivity contribution in [2.75, 3.05) is 39.5 Å². The Hall–Kier alpha value is -4.18. The van der Waals surface area contributed by atoms with Crippen LogP contribution < -0.4 is 14.8 Å². The minimum Gasteiger partial charge on any atom is -0.493 e. The first-order chi connectivity index (χ1) is 21.5. The fraction of sp³-hybridized carbons (Fsp3) is 0.257. The topological polar surface area (TPSA) is 97.3 Å². The van der Waals surface area contributed by atoms with Crippen molar-refractivity contribution in [3.8, 4) is 28.4 Å². The highest BCUT2D eigenvalue weighted by atomic mass is 79.9. The van der Waals surface area contributed by atoms with Gasteiger partial charge in [-0.15, -0.1) is 0 Å². The van der Waals surface area contributed by atoms with Gasteiger partial charge in [0.1, 0.15) is 23.3 Å². The minimum atomic E-state index is -1.13. The second-order valence-corrected chi connectivity index (χ2v) is 11.4. The number of benzene rings is 4. The Labute approximate surface area is 265 Å². The third kappa shape index (κ3) is 8.69. The van der Waals surface area contributed by atoms with Crippen LogP contribution in [0.3, 0.4) is 0 Å². The molecule has 1 amide bonds. The van der Waals surface area contributed by atoms with E-state index in [1.165, 1.54) is 0 Å². The number of rotatable bonds is 13. The first kappa shape index (κ1) is 31.3. The number of carboxylic acids is 1. The molecule has 1 heterocycles. The van der Waals surface area contributed by atoms with E-state index in [1.54, 1.807) is 18.2 Å². The van der Waals surface area contributed by atoms with Crippen LogP contribution >= 0.6 is 15.9 Å². The standard InChI is InChI=1S/C35H35BrN2O6/c36-27-15-16-32(43-20-6-17-38-18-21-42-22-19-38)30(24-27)34(39)37-31(35(40)41)23-25-11-13-26(14-12-25)29-9-4-5-10-33(29)44-28-7-2-1-3-8-28/h1-5,7-16,24,31H,6,17-23H2,(H,37,39)(H,40,41)/t31-/m0/s1. The molecule has 4 aromatic rings. The van der Waals surface area contributed by atoms with Gasteiger partial charge in [-0.3, -0.25) is 9.69 Å². The number of ether oxygens (including phenoxy) is 3. The zero-order valence-corrected chi connectivity index (χ0v) is 25.9. The van der Waals surface area contributed by atoms with Crippen molar-refractivity contribution in [2.24, 2.45) is 0 Å².